The Morgan fingerprint density at radius 3 is 2.60 bits per heavy atom. The van der Waals surface area contributed by atoms with E-state index in [1.807, 2.05) is 63.2 Å². The summed E-state index contributed by atoms with van der Waals surface area (Å²) in [6, 6.07) is 13.6. The van der Waals surface area contributed by atoms with Gasteiger partial charge in [0.15, 0.2) is 0 Å². The fourth-order valence-electron chi connectivity index (χ4n) is 2.90. The molecule has 1 aliphatic heterocycles. The third kappa shape index (κ3) is 3.20. The molecule has 5 heteroatoms. The van der Waals surface area contributed by atoms with E-state index in [2.05, 4.69) is 0 Å². The standard InChI is InChI=1S/C20H21NO4/c1-20(2,3)25-19(22)21-17-7-5-4-6-15(17)16-9-8-13(10-18(16)21)23-11-14-12-24-14/h4-10,14H,11-12H2,1-3H3. The van der Waals surface area contributed by atoms with Crippen LogP contribution in [0.1, 0.15) is 20.8 Å². The first kappa shape index (κ1) is 16.0. The molecule has 1 aliphatic rings. The first-order valence-corrected chi connectivity index (χ1v) is 8.43. The predicted octanol–water partition coefficient (Wildman–Crippen LogP) is 4.36. The van der Waals surface area contributed by atoms with Crippen LogP contribution < -0.4 is 4.74 Å². The Bertz CT molecular complexity index is 947. The van der Waals surface area contributed by atoms with E-state index in [-0.39, 0.29) is 12.2 Å². The van der Waals surface area contributed by atoms with E-state index in [0.29, 0.717) is 6.61 Å². The van der Waals surface area contributed by atoms with Gasteiger partial charge in [0, 0.05) is 16.8 Å². The van der Waals surface area contributed by atoms with Gasteiger partial charge in [0.1, 0.15) is 24.1 Å². The molecule has 0 saturated carbocycles. The number of para-hydroxylation sites is 1. The largest absolute Gasteiger partial charge is 0.491 e. The first-order chi connectivity index (χ1) is 11.9. The highest BCUT2D eigenvalue weighted by atomic mass is 16.6. The summed E-state index contributed by atoms with van der Waals surface area (Å²) in [6.45, 7) is 6.87. The van der Waals surface area contributed by atoms with Gasteiger partial charge in [0.2, 0.25) is 0 Å². The minimum atomic E-state index is -0.563. The van der Waals surface area contributed by atoms with Gasteiger partial charge < -0.3 is 14.2 Å². The van der Waals surface area contributed by atoms with Crippen LogP contribution in [-0.2, 0) is 9.47 Å². The van der Waals surface area contributed by atoms with Crippen molar-refractivity contribution in [2.24, 2.45) is 0 Å². The molecule has 3 aromatic rings. The topological polar surface area (TPSA) is 53.0 Å². The molecule has 2 aromatic carbocycles. The Hall–Kier alpha value is -2.53. The molecular weight excluding hydrogens is 318 g/mol. The number of carbonyl (C=O) groups excluding carboxylic acids is 1. The quantitative estimate of drug-likeness (QED) is 0.666. The van der Waals surface area contributed by atoms with E-state index in [9.17, 15) is 4.79 Å². The van der Waals surface area contributed by atoms with Crippen molar-refractivity contribution in [2.45, 2.75) is 32.5 Å². The predicted molar refractivity (Wildman–Crippen MR) is 96.3 cm³/mol. The van der Waals surface area contributed by atoms with Gasteiger partial charge >= 0.3 is 6.09 Å². The number of epoxide rings is 1. The zero-order valence-electron chi connectivity index (χ0n) is 14.6. The maximum Gasteiger partial charge on any atom is 0.419 e. The lowest BCUT2D eigenvalue weighted by atomic mass is 10.1. The molecule has 130 valence electrons. The van der Waals surface area contributed by atoms with Crippen LogP contribution in [0.15, 0.2) is 42.5 Å². The average molecular weight is 339 g/mol. The lowest BCUT2D eigenvalue weighted by Gasteiger charge is -2.20. The van der Waals surface area contributed by atoms with Crippen LogP contribution in [-0.4, -0.2) is 35.6 Å². The Morgan fingerprint density at radius 1 is 1.16 bits per heavy atom. The second kappa shape index (κ2) is 5.77. The molecule has 5 nitrogen and oxygen atoms in total. The van der Waals surface area contributed by atoms with Crippen LogP contribution in [0.2, 0.25) is 0 Å². The molecule has 0 aliphatic carbocycles. The number of hydrogen-bond acceptors (Lipinski definition) is 4. The number of benzene rings is 2. The van der Waals surface area contributed by atoms with Gasteiger partial charge in [0.05, 0.1) is 17.6 Å². The molecule has 0 radical (unpaired) electrons. The van der Waals surface area contributed by atoms with Gasteiger partial charge in [-0.1, -0.05) is 18.2 Å². The number of carbonyl (C=O) groups is 1. The van der Waals surface area contributed by atoms with Gasteiger partial charge in [-0.3, -0.25) is 0 Å². The van der Waals surface area contributed by atoms with Crippen LogP contribution in [0, 0.1) is 0 Å². The van der Waals surface area contributed by atoms with E-state index in [0.717, 1.165) is 34.2 Å². The number of aromatic nitrogens is 1. The Balaban J connectivity index is 1.83. The molecule has 25 heavy (non-hydrogen) atoms. The number of ether oxygens (including phenoxy) is 3. The Labute approximate surface area is 146 Å². The van der Waals surface area contributed by atoms with E-state index in [1.54, 1.807) is 4.57 Å². The van der Waals surface area contributed by atoms with Crippen molar-refractivity contribution >= 4 is 27.9 Å². The lowest BCUT2D eigenvalue weighted by molar-refractivity contribution is 0.0551. The molecule has 0 bridgehead atoms. The summed E-state index contributed by atoms with van der Waals surface area (Å²) in [7, 11) is 0. The monoisotopic (exact) mass is 339 g/mol. The second-order valence-corrected chi connectivity index (χ2v) is 7.28. The van der Waals surface area contributed by atoms with Crippen LogP contribution >= 0.6 is 0 Å². The van der Waals surface area contributed by atoms with E-state index < -0.39 is 5.60 Å². The molecule has 1 fully saturated rings. The van der Waals surface area contributed by atoms with Gasteiger partial charge in [-0.2, -0.15) is 0 Å². The summed E-state index contributed by atoms with van der Waals surface area (Å²) in [5.41, 5.74) is 1.05. The fourth-order valence-corrected chi connectivity index (χ4v) is 2.90. The van der Waals surface area contributed by atoms with Crippen molar-refractivity contribution in [1.82, 2.24) is 4.57 Å². The molecule has 0 spiro atoms. The molecule has 0 N–H and O–H groups in total. The summed E-state index contributed by atoms with van der Waals surface area (Å²) >= 11 is 0. The maximum absolute atomic E-state index is 12.8. The van der Waals surface area contributed by atoms with E-state index in [1.165, 1.54) is 0 Å². The SMILES string of the molecule is CC(C)(C)OC(=O)n1c2ccccc2c2ccc(OCC3CO3)cc21. The number of hydrogen-bond donors (Lipinski definition) is 0. The van der Waals surface area contributed by atoms with Gasteiger partial charge in [-0.15, -0.1) is 0 Å². The second-order valence-electron chi connectivity index (χ2n) is 7.28. The van der Waals surface area contributed by atoms with Crippen molar-refractivity contribution < 1.29 is 19.0 Å². The molecule has 1 saturated heterocycles. The number of fused-ring (bicyclic) bond motifs is 3. The van der Waals surface area contributed by atoms with Crippen LogP contribution in [0.25, 0.3) is 21.8 Å². The zero-order valence-corrected chi connectivity index (χ0v) is 14.6. The van der Waals surface area contributed by atoms with Crippen molar-refractivity contribution in [1.29, 1.82) is 0 Å². The Kier molecular flexibility index (Phi) is 3.69. The Morgan fingerprint density at radius 2 is 1.88 bits per heavy atom. The third-order valence-corrected chi connectivity index (χ3v) is 4.06. The fraction of sp³-hybridized carbons (Fsp3) is 0.350. The third-order valence-electron chi connectivity index (χ3n) is 4.06. The summed E-state index contributed by atoms with van der Waals surface area (Å²) < 4.78 is 18.2. The van der Waals surface area contributed by atoms with E-state index >= 15 is 0 Å². The van der Waals surface area contributed by atoms with E-state index in [4.69, 9.17) is 14.2 Å². The average Bonchev–Trinajstić information content (AvgIpc) is 3.31. The molecular formula is C20H21NO4. The molecule has 1 atom stereocenters. The summed E-state index contributed by atoms with van der Waals surface area (Å²) in [4.78, 5) is 12.8. The first-order valence-electron chi connectivity index (χ1n) is 8.43. The summed E-state index contributed by atoms with van der Waals surface area (Å²) in [6.07, 6.45) is -0.200. The smallest absolute Gasteiger partial charge is 0.419 e. The minimum absolute atomic E-state index is 0.187. The number of rotatable bonds is 3. The van der Waals surface area contributed by atoms with Crippen LogP contribution in [0.5, 0.6) is 5.75 Å². The van der Waals surface area contributed by atoms with Crippen molar-refractivity contribution in [3.8, 4) is 5.75 Å². The highest BCUT2D eigenvalue weighted by Crippen LogP contribution is 2.32. The van der Waals surface area contributed by atoms with Crippen molar-refractivity contribution in [3.05, 3.63) is 42.5 Å². The van der Waals surface area contributed by atoms with Gasteiger partial charge in [-0.25, -0.2) is 9.36 Å². The van der Waals surface area contributed by atoms with Gasteiger partial charge in [0.25, 0.3) is 0 Å². The molecule has 1 aromatic heterocycles. The van der Waals surface area contributed by atoms with Crippen molar-refractivity contribution in [3.63, 3.8) is 0 Å². The molecule has 2 heterocycles. The molecule has 4 rings (SSSR count). The lowest BCUT2D eigenvalue weighted by Crippen LogP contribution is -2.27. The van der Waals surface area contributed by atoms with Gasteiger partial charge in [-0.05, 0) is 39.0 Å². The minimum Gasteiger partial charge on any atom is -0.491 e. The van der Waals surface area contributed by atoms with Crippen LogP contribution in [0.4, 0.5) is 4.79 Å². The van der Waals surface area contributed by atoms with Crippen LogP contribution in [0.3, 0.4) is 0 Å². The zero-order chi connectivity index (χ0) is 17.6. The normalized spacial score (nSPS) is 17.0. The highest BCUT2D eigenvalue weighted by molar-refractivity contribution is 6.12. The highest BCUT2D eigenvalue weighted by Gasteiger charge is 2.24. The number of nitrogens with zero attached hydrogens (tertiary/aromatic N) is 1. The molecule has 1 unspecified atom stereocenters. The summed E-state index contributed by atoms with van der Waals surface area (Å²) in [5, 5.41) is 2.01. The van der Waals surface area contributed by atoms with Crippen molar-refractivity contribution in [2.75, 3.05) is 13.2 Å². The maximum atomic E-state index is 12.8. The summed E-state index contributed by atoms with van der Waals surface area (Å²) in [5.74, 6) is 0.718. The molecule has 0 amide bonds.